The predicted molar refractivity (Wildman–Crippen MR) is 269 cm³/mol. The van der Waals surface area contributed by atoms with Crippen LogP contribution >= 0.6 is 43.5 Å². The molecular weight excluding hydrogens is 1030 g/mol. The molecule has 0 radical (unpaired) electrons. The van der Waals surface area contributed by atoms with E-state index >= 15 is 0 Å². The molecule has 2 aromatic heterocycles. The lowest BCUT2D eigenvalue weighted by atomic mass is 9.88. The number of ether oxygens (including phenoxy) is 1. The van der Waals surface area contributed by atoms with Gasteiger partial charge in [0.25, 0.3) is 0 Å². The number of hydrogen-bond donors (Lipinski definition) is 1. The van der Waals surface area contributed by atoms with E-state index in [1.54, 1.807) is 54.9 Å². The van der Waals surface area contributed by atoms with Gasteiger partial charge in [0.2, 0.25) is 0 Å². The summed E-state index contributed by atoms with van der Waals surface area (Å²) in [6, 6.07) is 40.7. The zero-order chi connectivity index (χ0) is 48.7. The lowest BCUT2D eigenvalue weighted by molar-refractivity contribution is -0.135. The third-order valence-electron chi connectivity index (χ3n) is 12.3. The van der Waals surface area contributed by atoms with Gasteiger partial charge in [-0.2, -0.15) is 0 Å². The van der Waals surface area contributed by atoms with E-state index < -0.39 is 10.8 Å². The Kier molecular flexibility index (Phi) is 15.2. The molecule has 69 heavy (non-hydrogen) atoms. The Morgan fingerprint density at radius 3 is 1.33 bits per heavy atom. The number of pyridine rings is 2. The van der Waals surface area contributed by atoms with E-state index in [2.05, 4.69) is 41.8 Å². The van der Waals surface area contributed by atoms with Crippen LogP contribution in [0.2, 0.25) is 5.02 Å². The van der Waals surface area contributed by atoms with Crippen molar-refractivity contribution in [3.05, 3.63) is 206 Å². The molecule has 1 N–H and O–H groups in total. The van der Waals surface area contributed by atoms with Crippen LogP contribution in [0.1, 0.15) is 47.9 Å². The van der Waals surface area contributed by atoms with Crippen LogP contribution in [-0.2, 0) is 44.9 Å². The summed E-state index contributed by atoms with van der Waals surface area (Å²) in [4.78, 5) is 59.5. The summed E-state index contributed by atoms with van der Waals surface area (Å²) in [6.07, 6.45) is 6.44. The fourth-order valence-electron chi connectivity index (χ4n) is 7.99. The van der Waals surface area contributed by atoms with Crippen molar-refractivity contribution in [2.24, 2.45) is 10.8 Å². The summed E-state index contributed by atoms with van der Waals surface area (Å²) in [5.74, 6) is 0.513. The second-order valence-electron chi connectivity index (χ2n) is 17.2. The highest BCUT2D eigenvalue weighted by Crippen LogP contribution is 2.50. The zero-order valence-corrected chi connectivity index (χ0v) is 40.9. The fourth-order valence-corrected chi connectivity index (χ4v) is 8.90. The van der Waals surface area contributed by atoms with E-state index in [-0.39, 0.29) is 66.2 Å². The maximum atomic E-state index is 13.1. The number of Topliss-reactive ketones (excluding diaryl/α,β-unsaturated/α-hetero) is 4. The van der Waals surface area contributed by atoms with Crippen molar-refractivity contribution in [2.75, 3.05) is 0 Å². The van der Waals surface area contributed by atoms with Gasteiger partial charge in [-0.05, 0) is 139 Å². The van der Waals surface area contributed by atoms with Crippen LogP contribution in [0.5, 0.6) is 17.2 Å². The first-order chi connectivity index (χ1) is 33.2. The van der Waals surface area contributed by atoms with Crippen LogP contribution in [0.3, 0.4) is 0 Å². The number of fused-ring (bicyclic) bond motifs is 2. The van der Waals surface area contributed by atoms with Gasteiger partial charge < -0.3 is 9.84 Å². The van der Waals surface area contributed by atoms with Crippen LogP contribution in [0, 0.1) is 22.5 Å². The van der Waals surface area contributed by atoms with Crippen LogP contribution in [0.4, 0.5) is 8.78 Å². The summed E-state index contributed by atoms with van der Waals surface area (Å²) in [7, 11) is 0. The average Bonchev–Trinajstić information content (AvgIpc) is 4.28. The number of rotatable bonds is 14. The molecule has 348 valence electrons. The van der Waals surface area contributed by atoms with Crippen LogP contribution in [-0.4, -0.2) is 38.2 Å². The minimum atomic E-state index is -0.895. The summed E-state index contributed by atoms with van der Waals surface area (Å²) >= 11 is 12.8. The van der Waals surface area contributed by atoms with Gasteiger partial charge in [0.05, 0.1) is 26.9 Å². The van der Waals surface area contributed by atoms with E-state index in [0.29, 0.717) is 37.2 Å². The highest BCUT2D eigenvalue weighted by atomic mass is 79.9. The van der Waals surface area contributed by atoms with Crippen molar-refractivity contribution in [3.63, 3.8) is 0 Å². The van der Waals surface area contributed by atoms with Crippen molar-refractivity contribution >= 4 is 88.4 Å². The largest absolute Gasteiger partial charge is 0.508 e. The molecule has 2 aliphatic carbocycles. The third kappa shape index (κ3) is 12.2. The molecule has 0 unspecified atom stereocenters. The summed E-state index contributed by atoms with van der Waals surface area (Å²) in [5, 5.41) is 11.9. The highest BCUT2D eigenvalue weighted by molar-refractivity contribution is 9.10. The molecular formula is C56H43Br2ClF2N2O6. The number of benzene rings is 6. The van der Waals surface area contributed by atoms with Crippen molar-refractivity contribution in [1.82, 2.24) is 9.97 Å². The van der Waals surface area contributed by atoms with E-state index in [9.17, 15) is 33.1 Å². The van der Waals surface area contributed by atoms with Gasteiger partial charge in [-0.1, -0.05) is 98.1 Å². The van der Waals surface area contributed by atoms with Crippen LogP contribution in [0.15, 0.2) is 167 Å². The van der Waals surface area contributed by atoms with Gasteiger partial charge in [0, 0.05) is 57.8 Å². The number of phenolic OH excluding ortho intramolecular Hbond substituents is 1. The molecule has 0 amide bonds. The number of halogens is 5. The number of phenols is 1. The SMILES string of the molecule is Clc1ccnc2cc(Br)ccc12.O=C(Cc1ccc(F)cc1)C1(C(=O)Cc2ccc(Oc3ccnc4cc(Br)ccc34)cc2)CC1.O=C(Cc1ccc(O)cc1)C1(C(=O)Cc2ccc(F)cc2)CC1. The fraction of sp³-hybridized carbons (Fsp3) is 0.179. The Hall–Kier alpha value is -6.47. The average molecular weight is 1070 g/mol. The molecule has 10 rings (SSSR count). The first kappa shape index (κ1) is 49.0. The number of aromatic hydroxyl groups is 1. The van der Waals surface area contributed by atoms with Crippen LogP contribution < -0.4 is 4.74 Å². The Morgan fingerprint density at radius 1 is 0.522 bits per heavy atom. The Labute approximate surface area is 419 Å². The van der Waals surface area contributed by atoms with Gasteiger partial charge in [-0.25, -0.2) is 8.78 Å². The Bertz CT molecular complexity index is 3120. The lowest BCUT2D eigenvalue weighted by Gasteiger charge is -2.14. The quantitative estimate of drug-likeness (QED) is 0.107. The van der Waals surface area contributed by atoms with Crippen molar-refractivity contribution in [1.29, 1.82) is 0 Å². The first-order valence-corrected chi connectivity index (χ1v) is 24.1. The minimum absolute atomic E-state index is 0.0565. The molecule has 0 aliphatic heterocycles. The second kappa shape index (κ2) is 21.4. The third-order valence-corrected chi connectivity index (χ3v) is 13.6. The molecule has 13 heteroatoms. The van der Waals surface area contributed by atoms with Crippen LogP contribution in [0.25, 0.3) is 21.8 Å². The first-order valence-electron chi connectivity index (χ1n) is 22.1. The molecule has 8 nitrogen and oxygen atoms in total. The van der Waals surface area contributed by atoms with E-state index in [1.165, 1.54) is 36.4 Å². The number of carbonyl (C=O) groups is 4. The molecule has 0 spiro atoms. The lowest BCUT2D eigenvalue weighted by Crippen LogP contribution is -2.28. The summed E-state index contributed by atoms with van der Waals surface area (Å²) < 4.78 is 34.1. The molecule has 2 saturated carbocycles. The smallest absolute Gasteiger partial charge is 0.150 e. The summed E-state index contributed by atoms with van der Waals surface area (Å²) in [6.45, 7) is 0. The van der Waals surface area contributed by atoms with Gasteiger partial charge >= 0.3 is 0 Å². The molecule has 0 saturated heterocycles. The normalized spacial score (nSPS) is 13.8. The van der Waals surface area contributed by atoms with Crippen molar-refractivity contribution in [3.8, 4) is 17.2 Å². The van der Waals surface area contributed by atoms with E-state index in [4.69, 9.17) is 16.3 Å². The van der Waals surface area contributed by atoms with E-state index in [0.717, 1.165) is 58.0 Å². The van der Waals surface area contributed by atoms with Gasteiger partial charge in [-0.15, -0.1) is 0 Å². The minimum Gasteiger partial charge on any atom is -0.508 e. The molecule has 2 aliphatic rings. The number of nitrogens with zero attached hydrogens (tertiary/aromatic N) is 2. The number of aromatic nitrogens is 2. The number of hydrogen-bond acceptors (Lipinski definition) is 8. The van der Waals surface area contributed by atoms with Gasteiger partial charge in [0.15, 0.2) is 23.1 Å². The van der Waals surface area contributed by atoms with Gasteiger partial charge in [-0.3, -0.25) is 29.1 Å². The topological polar surface area (TPSA) is 124 Å². The molecule has 0 bridgehead atoms. The molecule has 6 aromatic carbocycles. The molecule has 0 atom stereocenters. The standard InChI is InChI=1S/C28H21BrFNO3.C19H17FO3.C9H5BrClN/c29-20-5-10-23-24(17-20)31-14-11-25(23)34-22-8-3-19(4-9-22)16-27(33)28(12-13-28)26(32)15-18-1-6-21(30)7-2-18;20-15-5-1-13(2-6-15)11-17(22)19(9-10-19)18(23)12-14-3-7-16(21)8-4-14;10-6-1-2-7-8(11)3-4-12-9(7)5-6/h1-11,14,17H,12-13,15-16H2;1-8,21H,9-12H2;1-5H. The van der Waals surface area contributed by atoms with Crippen molar-refractivity contribution in [2.45, 2.75) is 51.4 Å². The summed E-state index contributed by atoms with van der Waals surface area (Å²) in [5.41, 5.74) is 3.05. The number of carbonyl (C=O) groups excluding carboxylic acids is 4. The molecule has 2 heterocycles. The monoisotopic (exact) mass is 1070 g/mol. The second-order valence-corrected chi connectivity index (χ2v) is 19.4. The van der Waals surface area contributed by atoms with Gasteiger partial charge in [0.1, 0.15) is 28.9 Å². The number of ketones is 4. The molecule has 8 aromatic rings. The highest BCUT2D eigenvalue weighted by Gasteiger charge is 2.55. The predicted octanol–water partition coefficient (Wildman–Crippen LogP) is 13.5. The Morgan fingerprint density at radius 2 is 0.899 bits per heavy atom. The Balaban J connectivity index is 0.000000157. The van der Waals surface area contributed by atoms with Crippen molar-refractivity contribution < 1.29 is 37.8 Å². The maximum absolute atomic E-state index is 13.1. The molecule has 2 fully saturated rings. The zero-order valence-electron chi connectivity index (χ0n) is 36.9. The van der Waals surface area contributed by atoms with E-state index in [1.807, 2.05) is 66.7 Å². The maximum Gasteiger partial charge on any atom is 0.150 e.